The van der Waals surface area contributed by atoms with Crippen molar-refractivity contribution in [2.45, 2.75) is 20.0 Å². The first-order valence-corrected chi connectivity index (χ1v) is 8.59. The third-order valence-corrected chi connectivity index (χ3v) is 4.22. The third-order valence-electron chi connectivity index (χ3n) is 4.22. The summed E-state index contributed by atoms with van der Waals surface area (Å²) in [6, 6.07) is 14.6. The van der Waals surface area contributed by atoms with Gasteiger partial charge in [-0.25, -0.2) is 4.39 Å². The molecule has 0 aliphatic carbocycles. The lowest BCUT2D eigenvalue weighted by Crippen LogP contribution is -3.11. The van der Waals surface area contributed by atoms with E-state index >= 15 is 0 Å². The zero-order valence-corrected chi connectivity index (χ0v) is 15.2. The van der Waals surface area contributed by atoms with Gasteiger partial charge in [-0.05, 0) is 36.8 Å². The number of halogens is 1. The SMILES string of the molecule is CC[NH+](CC(=O)NCc1ccc(F)cc1)Cc1ccc(N(C)C)cc1. The second-order valence-corrected chi connectivity index (χ2v) is 6.42. The molecule has 5 heteroatoms. The summed E-state index contributed by atoms with van der Waals surface area (Å²) in [6.45, 7) is 4.62. The standard InChI is InChI=1S/C20H26FN3O/c1-4-24(14-17-7-11-19(12-8-17)23(2)3)15-20(25)22-13-16-5-9-18(21)10-6-16/h5-12H,4,13-15H2,1-3H3,(H,22,25)/p+1. The topological polar surface area (TPSA) is 36.8 Å². The predicted octanol–water partition coefficient (Wildman–Crippen LogP) is 1.61. The minimum Gasteiger partial charge on any atom is -0.378 e. The quantitative estimate of drug-likeness (QED) is 0.763. The molecule has 0 aliphatic heterocycles. The average Bonchev–Trinajstić information content (AvgIpc) is 2.61. The van der Waals surface area contributed by atoms with Gasteiger partial charge < -0.3 is 15.1 Å². The zero-order valence-electron chi connectivity index (χ0n) is 15.2. The van der Waals surface area contributed by atoms with E-state index in [0.29, 0.717) is 13.1 Å². The first-order valence-electron chi connectivity index (χ1n) is 8.59. The molecule has 0 aliphatic rings. The van der Waals surface area contributed by atoms with E-state index in [0.717, 1.165) is 18.7 Å². The maximum absolute atomic E-state index is 12.9. The van der Waals surface area contributed by atoms with Crippen molar-refractivity contribution < 1.29 is 14.1 Å². The predicted molar refractivity (Wildman–Crippen MR) is 99.1 cm³/mol. The molecule has 0 saturated carbocycles. The molecule has 0 saturated heterocycles. The second kappa shape index (κ2) is 9.18. The summed E-state index contributed by atoms with van der Waals surface area (Å²) in [6.07, 6.45) is 0. The van der Waals surface area contributed by atoms with E-state index in [1.165, 1.54) is 28.3 Å². The Morgan fingerprint density at radius 1 is 1.04 bits per heavy atom. The Hall–Kier alpha value is -2.40. The Labute approximate surface area is 149 Å². The van der Waals surface area contributed by atoms with Gasteiger partial charge in [-0.3, -0.25) is 4.79 Å². The number of anilines is 1. The van der Waals surface area contributed by atoms with Crippen molar-refractivity contribution in [3.8, 4) is 0 Å². The molecule has 0 aromatic heterocycles. The van der Waals surface area contributed by atoms with E-state index in [1.807, 2.05) is 14.1 Å². The van der Waals surface area contributed by atoms with Crippen molar-refractivity contribution in [3.63, 3.8) is 0 Å². The molecule has 1 amide bonds. The van der Waals surface area contributed by atoms with E-state index in [4.69, 9.17) is 0 Å². The highest BCUT2D eigenvalue weighted by Gasteiger charge is 2.13. The molecule has 2 aromatic rings. The highest BCUT2D eigenvalue weighted by Crippen LogP contribution is 2.11. The molecule has 0 spiro atoms. The first kappa shape index (κ1) is 18.9. The Kier molecular flexibility index (Phi) is 6.95. The van der Waals surface area contributed by atoms with Gasteiger partial charge in [0.2, 0.25) is 0 Å². The van der Waals surface area contributed by atoms with Crippen LogP contribution in [0.3, 0.4) is 0 Å². The monoisotopic (exact) mass is 344 g/mol. The molecule has 2 N–H and O–H groups in total. The summed E-state index contributed by atoms with van der Waals surface area (Å²) in [5, 5.41) is 2.90. The van der Waals surface area contributed by atoms with Crippen LogP contribution in [0.25, 0.3) is 0 Å². The van der Waals surface area contributed by atoms with Crippen molar-refractivity contribution in [3.05, 3.63) is 65.5 Å². The molecular weight excluding hydrogens is 317 g/mol. The highest BCUT2D eigenvalue weighted by atomic mass is 19.1. The van der Waals surface area contributed by atoms with E-state index in [9.17, 15) is 9.18 Å². The van der Waals surface area contributed by atoms with Crippen LogP contribution in [0.5, 0.6) is 0 Å². The van der Waals surface area contributed by atoms with Crippen molar-refractivity contribution in [2.24, 2.45) is 0 Å². The normalized spacial score (nSPS) is 11.8. The van der Waals surface area contributed by atoms with Crippen LogP contribution in [0.4, 0.5) is 10.1 Å². The number of amides is 1. The fourth-order valence-corrected chi connectivity index (χ4v) is 2.61. The summed E-state index contributed by atoms with van der Waals surface area (Å²) in [5.74, 6) is -0.261. The molecule has 0 bridgehead atoms. The molecule has 2 aromatic carbocycles. The minimum absolute atomic E-state index is 0.00564. The van der Waals surface area contributed by atoms with Crippen LogP contribution in [0.15, 0.2) is 48.5 Å². The lowest BCUT2D eigenvalue weighted by Gasteiger charge is -2.18. The highest BCUT2D eigenvalue weighted by molar-refractivity contribution is 5.76. The number of hydrogen-bond donors (Lipinski definition) is 2. The lowest BCUT2D eigenvalue weighted by molar-refractivity contribution is -0.904. The van der Waals surface area contributed by atoms with Gasteiger partial charge in [0, 0.05) is 31.9 Å². The maximum Gasteiger partial charge on any atom is 0.275 e. The molecule has 0 radical (unpaired) electrons. The Morgan fingerprint density at radius 2 is 1.64 bits per heavy atom. The number of nitrogens with zero attached hydrogens (tertiary/aromatic N) is 1. The van der Waals surface area contributed by atoms with Crippen molar-refractivity contribution in [1.82, 2.24) is 5.32 Å². The summed E-state index contributed by atoms with van der Waals surface area (Å²) < 4.78 is 12.9. The zero-order chi connectivity index (χ0) is 18.2. The number of likely N-dealkylation sites (N-methyl/N-ethyl adjacent to an activating group) is 1. The van der Waals surface area contributed by atoms with E-state index in [-0.39, 0.29) is 11.7 Å². The van der Waals surface area contributed by atoms with Crippen molar-refractivity contribution in [2.75, 3.05) is 32.1 Å². The molecule has 4 nitrogen and oxygen atoms in total. The van der Waals surface area contributed by atoms with E-state index in [1.54, 1.807) is 12.1 Å². The van der Waals surface area contributed by atoms with Gasteiger partial charge in [-0.2, -0.15) is 0 Å². The Balaban J connectivity index is 1.83. The van der Waals surface area contributed by atoms with Crippen LogP contribution in [0.2, 0.25) is 0 Å². The number of nitrogens with one attached hydrogen (secondary N) is 2. The van der Waals surface area contributed by atoms with Gasteiger partial charge in [0.1, 0.15) is 12.4 Å². The van der Waals surface area contributed by atoms with Gasteiger partial charge in [-0.1, -0.05) is 24.3 Å². The lowest BCUT2D eigenvalue weighted by atomic mass is 10.2. The maximum atomic E-state index is 12.9. The summed E-state index contributed by atoms with van der Waals surface area (Å²) in [5.41, 5.74) is 3.28. The number of quaternary nitrogens is 1. The van der Waals surface area contributed by atoms with Crippen LogP contribution >= 0.6 is 0 Å². The molecule has 1 atom stereocenters. The second-order valence-electron chi connectivity index (χ2n) is 6.42. The number of carbonyl (C=O) groups excluding carboxylic acids is 1. The number of rotatable bonds is 8. The van der Waals surface area contributed by atoms with E-state index in [2.05, 4.69) is 41.4 Å². The Bertz CT molecular complexity index is 668. The molecule has 134 valence electrons. The van der Waals surface area contributed by atoms with Gasteiger partial charge >= 0.3 is 0 Å². The van der Waals surface area contributed by atoms with Crippen LogP contribution < -0.4 is 15.1 Å². The number of benzene rings is 2. The minimum atomic E-state index is -0.267. The van der Waals surface area contributed by atoms with Crippen LogP contribution in [0, 0.1) is 5.82 Å². The molecule has 0 heterocycles. The first-order chi connectivity index (χ1) is 12.0. The van der Waals surface area contributed by atoms with Gasteiger partial charge in [0.05, 0.1) is 6.54 Å². The average molecular weight is 344 g/mol. The summed E-state index contributed by atoms with van der Waals surface area (Å²) >= 11 is 0. The fourth-order valence-electron chi connectivity index (χ4n) is 2.61. The van der Waals surface area contributed by atoms with E-state index < -0.39 is 0 Å². The van der Waals surface area contributed by atoms with Crippen molar-refractivity contribution >= 4 is 11.6 Å². The number of carbonyl (C=O) groups is 1. The number of hydrogen-bond acceptors (Lipinski definition) is 2. The molecular formula is C20H27FN3O+. The van der Waals surface area contributed by atoms with Gasteiger partial charge in [0.25, 0.3) is 5.91 Å². The van der Waals surface area contributed by atoms with Crippen LogP contribution in [-0.2, 0) is 17.9 Å². The largest absolute Gasteiger partial charge is 0.378 e. The van der Waals surface area contributed by atoms with Crippen LogP contribution in [0.1, 0.15) is 18.1 Å². The Morgan fingerprint density at radius 3 is 2.20 bits per heavy atom. The molecule has 2 rings (SSSR count). The van der Waals surface area contributed by atoms with Gasteiger partial charge in [0.15, 0.2) is 6.54 Å². The fraction of sp³-hybridized carbons (Fsp3) is 0.350. The molecule has 25 heavy (non-hydrogen) atoms. The summed E-state index contributed by atoms with van der Waals surface area (Å²) in [4.78, 5) is 15.4. The molecule has 0 fully saturated rings. The van der Waals surface area contributed by atoms with Gasteiger partial charge in [-0.15, -0.1) is 0 Å². The van der Waals surface area contributed by atoms with Crippen molar-refractivity contribution in [1.29, 1.82) is 0 Å². The molecule has 1 unspecified atom stereocenters. The smallest absolute Gasteiger partial charge is 0.275 e. The summed E-state index contributed by atoms with van der Waals surface area (Å²) in [7, 11) is 4.04. The van der Waals surface area contributed by atoms with Crippen LogP contribution in [-0.4, -0.2) is 33.1 Å². The third kappa shape index (κ3) is 6.19.